The molecule has 0 amide bonds. The summed E-state index contributed by atoms with van der Waals surface area (Å²) in [6.07, 6.45) is 4.21. The third kappa shape index (κ3) is 4.29. The minimum absolute atomic E-state index is 0.517. The number of benzene rings is 5. The number of para-hydroxylation sites is 2. The van der Waals surface area contributed by atoms with Crippen LogP contribution in [0.4, 0.5) is 0 Å². The van der Waals surface area contributed by atoms with Crippen LogP contribution in [0.3, 0.4) is 0 Å². The molecule has 5 aromatic heterocycles. The van der Waals surface area contributed by atoms with E-state index in [4.69, 9.17) is 19.9 Å². The molecule has 7 heteroatoms. The first kappa shape index (κ1) is 27.3. The van der Waals surface area contributed by atoms with Gasteiger partial charge in [-0.25, -0.2) is 19.9 Å². The van der Waals surface area contributed by atoms with Gasteiger partial charge in [-0.1, -0.05) is 109 Å². The molecule has 0 spiro atoms. The maximum absolute atomic E-state index is 5.41. The van der Waals surface area contributed by atoms with E-state index < -0.39 is 0 Å². The number of fused-ring (bicyclic) bond motifs is 6. The van der Waals surface area contributed by atoms with Gasteiger partial charge in [-0.2, -0.15) is 0 Å². The van der Waals surface area contributed by atoms with Crippen molar-refractivity contribution in [3.63, 3.8) is 0 Å². The second-order valence-corrected chi connectivity index (χ2v) is 12.0. The first-order valence-corrected chi connectivity index (χ1v) is 16.3. The molecule has 7 nitrogen and oxygen atoms in total. The molecular formula is C42H27N7. The number of hydrogen-bond donors (Lipinski definition) is 0. The number of hydrogen-bond acceptors (Lipinski definition) is 4. The van der Waals surface area contributed by atoms with Gasteiger partial charge in [-0.15, -0.1) is 0 Å². The van der Waals surface area contributed by atoms with Gasteiger partial charge in [0.1, 0.15) is 5.69 Å². The summed E-state index contributed by atoms with van der Waals surface area (Å²) in [7, 11) is 0. The van der Waals surface area contributed by atoms with E-state index in [1.54, 1.807) is 0 Å². The fourth-order valence-corrected chi connectivity index (χ4v) is 6.96. The summed E-state index contributed by atoms with van der Waals surface area (Å²) in [6.45, 7) is 0. The van der Waals surface area contributed by atoms with E-state index in [1.807, 2.05) is 78.9 Å². The molecular weight excluding hydrogens is 603 g/mol. The Balaban J connectivity index is 1.27. The van der Waals surface area contributed by atoms with Crippen LogP contribution in [0.1, 0.15) is 0 Å². The molecule has 230 valence electrons. The lowest BCUT2D eigenvalue weighted by atomic mass is 10.1. The van der Waals surface area contributed by atoms with Gasteiger partial charge < -0.3 is 4.57 Å². The van der Waals surface area contributed by atoms with Gasteiger partial charge in [0.05, 0.1) is 22.1 Å². The zero-order valence-corrected chi connectivity index (χ0v) is 26.2. The Bertz CT molecular complexity index is 2760. The van der Waals surface area contributed by atoms with E-state index in [-0.39, 0.29) is 0 Å². The number of pyridine rings is 1. The maximum atomic E-state index is 5.41. The third-order valence-corrected chi connectivity index (χ3v) is 9.18. The summed E-state index contributed by atoms with van der Waals surface area (Å²) in [6, 6.07) is 51.9. The minimum atomic E-state index is 0.517. The van der Waals surface area contributed by atoms with E-state index in [2.05, 4.69) is 98.7 Å². The second kappa shape index (κ2) is 10.9. The van der Waals surface area contributed by atoms with Crippen molar-refractivity contribution in [2.24, 2.45) is 0 Å². The molecule has 49 heavy (non-hydrogen) atoms. The molecule has 5 aromatic carbocycles. The van der Waals surface area contributed by atoms with E-state index in [9.17, 15) is 0 Å². The van der Waals surface area contributed by atoms with Gasteiger partial charge in [0.25, 0.3) is 0 Å². The van der Waals surface area contributed by atoms with Gasteiger partial charge >= 0.3 is 0 Å². The smallest absolute Gasteiger partial charge is 0.220 e. The lowest BCUT2D eigenvalue weighted by molar-refractivity contribution is 0.982. The van der Waals surface area contributed by atoms with Crippen molar-refractivity contribution < 1.29 is 0 Å². The molecule has 0 aliphatic rings. The summed E-state index contributed by atoms with van der Waals surface area (Å²) in [5, 5.41) is 3.48. The Morgan fingerprint density at radius 2 is 1.00 bits per heavy atom. The monoisotopic (exact) mass is 629 g/mol. The fourth-order valence-electron chi connectivity index (χ4n) is 6.96. The van der Waals surface area contributed by atoms with Crippen molar-refractivity contribution in [3.05, 3.63) is 164 Å². The summed E-state index contributed by atoms with van der Waals surface area (Å²) in [5.74, 6) is 2.48. The Morgan fingerprint density at radius 1 is 0.388 bits per heavy atom. The summed E-state index contributed by atoms with van der Waals surface area (Å²) in [5.41, 5.74) is 7.84. The van der Waals surface area contributed by atoms with Crippen LogP contribution in [0.5, 0.6) is 0 Å². The Hall–Kier alpha value is -6.86. The normalized spacial score (nSPS) is 11.7. The van der Waals surface area contributed by atoms with Gasteiger partial charge in [-0.3, -0.25) is 8.97 Å². The average molecular weight is 630 g/mol. The van der Waals surface area contributed by atoms with Crippen molar-refractivity contribution in [1.82, 2.24) is 33.5 Å². The van der Waals surface area contributed by atoms with Crippen molar-refractivity contribution >= 4 is 38.2 Å². The zero-order chi connectivity index (χ0) is 32.3. The van der Waals surface area contributed by atoms with E-state index in [0.29, 0.717) is 23.2 Å². The zero-order valence-electron chi connectivity index (χ0n) is 26.2. The van der Waals surface area contributed by atoms with Gasteiger partial charge in [-0.05, 0) is 42.5 Å². The van der Waals surface area contributed by atoms with Crippen LogP contribution in [-0.2, 0) is 0 Å². The molecule has 0 radical (unpaired) electrons. The second-order valence-electron chi connectivity index (χ2n) is 12.0. The molecule has 0 saturated carbocycles. The van der Waals surface area contributed by atoms with Crippen LogP contribution < -0.4 is 0 Å². The predicted molar refractivity (Wildman–Crippen MR) is 196 cm³/mol. The molecule has 0 aliphatic heterocycles. The average Bonchev–Trinajstić information content (AvgIpc) is 3.88. The maximum Gasteiger partial charge on any atom is 0.220 e. The molecule has 0 atom stereocenters. The van der Waals surface area contributed by atoms with Crippen molar-refractivity contribution in [3.8, 4) is 45.9 Å². The van der Waals surface area contributed by atoms with Crippen LogP contribution in [0.25, 0.3) is 84.2 Å². The topological polar surface area (TPSA) is 65.8 Å². The lowest BCUT2D eigenvalue weighted by Gasteiger charge is -2.09. The van der Waals surface area contributed by atoms with Crippen molar-refractivity contribution in [2.45, 2.75) is 0 Å². The van der Waals surface area contributed by atoms with Gasteiger partial charge in [0.2, 0.25) is 5.95 Å². The molecule has 5 heterocycles. The largest absolute Gasteiger partial charge is 0.316 e. The van der Waals surface area contributed by atoms with Crippen LogP contribution in [0.15, 0.2) is 164 Å². The predicted octanol–water partition coefficient (Wildman–Crippen LogP) is 9.56. The highest BCUT2D eigenvalue weighted by Crippen LogP contribution is 2.38. The number of rotatable bonds is 5. The Kier molecular flexibility index (Phi) is 6.04. The fraction of sp³-hybridized carbons (Fsp3) is 0. The SMILES string of the molecule is c1ccc(-c2nc(-c3ccccc3)nc(-c3nc(-n4c5ccccc5c5ccc6c(ccn6-c6ccccc6)c54)n4ccccc34)n2)cc1. The van der Waals surface area contributed by atoms with E-state index >= 15 is 0 Å². The highest BCUT2D eigenvalue weighted by atomic mass is 15.2. The highest BCUT2D eigenvalue weighted by Gasteiger charge is 2.23. The van der Waals surface area contributed by atoms with Gasteiger partial charge in [0, 0.05) is 45.4 Å². The van der Waals surface area contributed by atoms with E-state index in [0.717, 1.165) is 50.2 Å². The number of aromatic nitrogens is 7. The molecule has 0 saturated heterocycles. The highest BCUT2D eigenvalue weighted by molar-refractivity contribution is 6.18. The first-order valence-electron chi connectivity index (χ1n) is 16.3. The third-order valence-electron chi connectivity index (χ3n) is 9.18. The van der Waals surface area contributed by atoms with Crippen molar-refractivity contribution in [1.29, 1.82) is 0 Å². The van der Waals surface area contributed by atoms with Crippen molar-refractivity contribution in [2.75, 3.05) is 0 Å². The van der Waals surface area contributed by atoms with Crippen LogP contribution in [-0.4, -0.2) is 33.5 Å². The van der Waals surface area contributed by atoms with Crippen LogP contribution >= 0.6 is 0 Å². The molecule has 0 fully saturated rings. The number of nitrogens with zero attached hydrogens (tertiary/aromatic N) is 7. The summed E-state index contributed by atoms with van der Waals surface area (Å²) < 4.78 is 6.67. The standard InChI is InChI=1S/C42H27N7/c1-4-14-28(15-5-1)39-44-40(29-16-6-2-7-17-29)46-41(45-39)37-36-22-12-13-26-48(36)42(43-37)49-35-21-11-10-20-31(35)32-23-24-34-33(38(32)49)25-27-47(34)30-18-8-3-9-19-30/h1-27H. The molecule has 0 aliphatic carbocycles. The molecule has 10 aromatic rings. The van der Waals surface area contributed by atoms with Gasteiger partial charge in [0.15, 0.2) is 17.5 Å². The Morgan fingerprint density at radius 3 is 1.73 bits per heavy atom. The summed E-state index contributed by atoms with van der Waals surface area (Å²) >= 11 is 0. The number of imidazole rings is 1. The molecule has 0 N–H and O–H groups in total. The van der Waals surface area contributed by atoms with Crippen LogP contribution in [0.2, 0.25) is 0 Å². The molecule has 0 bridgehead atoms. The first-order chi connectivity index (χ1) is 24.3. The van der Waals surface area contributed by atoms with E-state index in [1.165, 1.54) is 10.8 Å². The molecule has 10 rings (SSSR count). The summed E-state index contributed by atoms with van der Waals surface area (Å²) in [4.78, 5) is 20.4. The molecule has 0 unspecified atom stereocenters. The lowest BCUT2D eigenvalue weighted by Crippen LogP contribution is -2.01. The Labute approximate surface area is 281 Å². The quantitative estimate of drug-likeness (QED) is 0.190. The minimum Gasteiger partial charge on any atom is -0.316 e. The van der Waals surface area contributed by atoms with Crippen LogP contribution in [0, 0.1) is 0 Å².